The molecule has 0 aromatic heterocycles. The lowest BCUT2D eigenvalue weighted by Gasteiger charge is -2.34. The Morgan fingerprint density at radius 2 is 1.53 bits per heavy atom. The van der Waals surface area contributed by atoms with E-state index in [0.29, 0.717) is 22.9 Å². The molecule has 0 aliphatic heterocycles. The molecule has 4 rings (SSSR count). The van der Waals surface area contributed by atoms with Crippen molar-refractivity contribution in [3.8, 4) is 5.75 Å². The highest BCUT2D eigenvalue weighted by Gasteiger charge is 2.35. The summed E-state index contributed by atoms with van der Waals surface area (Å²) >= 11 is 6.47. The number of hydrogen-bond donors (Lipinski definition) is 1. The molecule has 4 aromatic rings. The van der Waals surface area contributed by atoms with Crippen molar-refractivity contribution in [2.24, 2.45) is 5.92 Å². The highest BCUT2D eigenvalue weighted by molar-refractivity contribution is 7.92. The molecule has 4 aromatic carbocycles. The van der Waals surface area contributed by atoms with Crippen LogP contribution in [0.15, 0.2) is 102 Å². The van der Waals surface area contributed by atoms with Crippen LogP contribution in [-0.2, 0) is 32.6 Å². The number of rotatable bonds is 14. The standard InChI is InChI=1S/C37H42ClN3O5S/c1-26(2)23-39-37(43)35(22-29-11-7-6-8-12-29)40(24-30-13-9-14-31(21-30)46-5)36(42)25-41(34-16-10-15-33(38)28(34)4)47(44,45)32-19-17-27(3)18-20-32/h6-21,26,35H,22-25H2,1-5H3,(H,39,43). The van der Waals surface area contributed by atoms with Crippen LogP contribution in [0.1, 0.15) is 36.1 Å². The number of aryl methyl sites for hydroxylation is 1. The lowest BCUT2D eigenvalue weighted by atomic mass is 10.0. The largest absolute Gasteiger partial charge is 0.497 e. The SMILES string of the molecule is COc1cccc(CN(C(=O)CN(c2cccc(Cl)c2C)S(=O)(=O)c2ccc(C)cc2)C(Cc2ccccc2)C(=O)NCC(C)C)c1. The molecule has 0 aliphatic carbocycles. The van der Waals surface area contributed by atoms with E-state index in [1.165, 1.54) is 17.0 Å². The number of anilines is 1. The van der Waals surface area contributed by atoms with Gasteiger partial charge in [-0.2, -0.15) is 0 Å². The Bertz CT molecular complexity index is 1780. The number of carbonyl (C=O) groups excluding carboxylic acids is 2. The van der Waals surface area contributed by atoms with Gasteiger partial charge >= 0.3 is 0 Å². The van der Waals surface area contributed by atoms with E-state index in [0.717, 1.165) is 21.0 Å². The van der Waals surface area contributed by atoms with E-state index in [1.807, 2.05) is 63.2 Å². The molecule has 0 saturated heterocycles. The molecule has 0 aliphatic rings. The Morgan fingerprint density at radius 3 is 2.19 bits per heavy atom. The molecule has 0 fully saturated rings. The van der Waals surface area contributed by atoms with Gasteiger partial charge in [0.2, 0.25) is 11.8 Å². The van der Waals surface area contributed by atoms with Gasteiger partial charge in [0.15, 0.2) is 0 Å². The van der Waals surface area contributed by atoms with Gasteiger partial charge in [0.1, 0.15) is 18.3 Å². The minimum absolute atomic E-state index is 0.0325. The third-order valence-electron chi connectivity index (χ3n) is 7.84. The number of halogens is 1. The molecule has 1 N–H and O–H groups in total. The second-order valence-corrected chi connectivity index (χ2v) is 14.2. The summed E-state index contributed by atoms with van der Waals surface area (Å²) in [6.45, 7) is 7.46. The summed E-state index contributed by atoms with van der Waals surface area (Å²) in [5.74, 6) is -0.106. The van der Waals surface area contributed by atoms with Crippen LogP contribution in [0.2, 0.25) is 5.02 Å². The number of nitrogens with one attached hydrogen (secondary N) is 1. The number of ether oxygens (including phenoxy) is 1. The zero-order valence-corrected chi connectivity index (χ0v) is 29.0. The zero-order valence-electron chi connectivity index (χ0n) is 27.4. The first-order chi connectivity index (χ1) is 22.4. The van der Waals surface area contributed by atoms with Crippen LogP contribution >= 0.6 is 11.6 Å². The van der Waals surface area contributed by atoms with Crippen LogP contribution < -0.4 is 14.4 Å². The molecule has 2 amide bonds. The maximum atomic E-state index is 14.7. The third kappa shape index (κ3) is 9.14. The first-order valence-electron chi connectivity index (χ1n) is 15.5. The minimum Gasteiger partial charge on any atom is -0.497 e. The summed E-state index contributed by atoms with van der Waals surface area (Å²) < 4.78 is 35.1. The number of benzene rings is 4. The van der Waals surface area contributed by atoms with Crippen molar-refractivity contribution in [3.63, 3.8) is 0 Å². The van der Waals surface area contributed by atoms with Gasteiger partial charge in [0.25, 0.3) is 10.0 Å². The Kier molecular flexibility index (Phi) is 12.1. The number of methoxy groups -OCH3 is 1. The molecule has 1 unspecified atom stereocenters. The fraction of sp³-hybridized carbons (Fsp3) is 0.297. The Hall–Kier alpha value is -4.34. The predicted molar refractivity (Wildman–Crippen MR) is 187 cm³/mol. The summed E-state index contributed by atoms with van der Waals surface area (Å²) in [5.41, 5.74) is 3.25. The van der Waals surface area contributed by atoms with Crippen molar-refractivity contribution in [1.82, 2.24) is 10.2 Å². The maximum Gasteiger partial charge on any atom is 0.264 e. The van der Waals surface area contributed by atoms with Crippen LogP contribution in [0.4, 0.5) is 5.69 Å². The Morgan fingerprint density at radius 1 is 0.872 bits per heavy atom. The van der Waals surface area contributed by atoms with Crippen LogP contribution in [0.3, 0.4) is 0 Å². The molecule has 10 heteroatoms. The van der Waals surface area contributed by atoms with E-state index in [2.05, 4.69) is 5.32 Å². The number of sulfonamides is 1. The number of nitrogens with zero attached hydrogens (tertiary/aromatic N) is 2. The van der Waals surface area contributed by atoms with E-state index >= 15 is 0 Å². The lowest BCUT2D eigenvalue weighted by molar-refractivity contribution is -0.140. The molecule has 47 heavy (non-hydrogen) atoms. The molecule has 0 saturated carbocycles. The molecule has 0 spiro atoms. The van der Waals surface area contributed by atoms with Gasteiger partial charge in [-0.1, -0.05) is 91.7 Å². The summed E-state index contributed by atoms with van der Waals surface area (Å²) in [6, 6.07) is 27.2. The van der Waals surface area contributed by atoms with E-state index in [-0.39, 0.29) is 35.4 Å². The van der Waals surface area contributed by atoms with E-state index < -0.39 is 28.5 Å². The highest BCUT2D eigenvalue weighted by Crippen LogP contribution is 2.31. The van der Waals surface area contributed by atoms with Gasteiger partial charge in [-0.15, -0.1) is 0 Å². The van der Waals surface area contributed by atoms with E-state index in [9.17, 15) is 18.0 Å². The van der Waals surface area contributed by atoms with Crippen molar-refractivity contribution in [1.29, 1.82) is 0 Å². The second kappa shape index (κ2) is 16.0. The van der Waals surface area contributed by atoms with Crippen LogP contribution in [0, 0.1) is 19.8 Å². The van der Waals surface area contributed by atoms with Crippen molar-refractivity contribution in [2.45, 2.75) is 51.6 Å². The Balaban J connectivity index is 1.84. The van der Waals surface area contributed by atoms with Gasteiger partial charge in [-0.3, -0.25) is 13.9 Å². The highest BCUT2D eigenvalue weighted by atomic mass is 35.5. The zero-order chi connectivity index (χ0) is 34.1. The van der Waals surface area contributed by atoms with Crippen LogP contribution in [-0.4, -0.2) is 51.4 Å². The first-order valence-corrected chi connectivity index (χ1v) is 17.3. The van der Waals surface area contributed by atoms with Crippen molar-refractivity contribution in [3.05, 3.63) is 124 Å². The normalized spacial score (nSPS) is 12.0. The number of amides is 2. The first kappa shape index (κ1) is 35.5. The molecule has 0 heterocycles. The molecule has 0 radical (unpaired) electrons. The van der Waals surface area contributed by atoms with Crippen molar-refractivity contribution in [2.75, 3.05) is 24.5 Å². The minimum atomic E-state index is -4.24. The number of hydrogen-bond acceptors (Lipinski definition) is 5. The van der Waals surface area contributed by atoms with Gasteiger partial charge < -0.3 is 15.0 Å². The fourth-order valence-electron chi connectivity index (χ4n) is 5.16. The van der Waals surface area contributed by atoms with Crippen LogP contribution in [0.5, 0.6) is 5.75 Å². The monoisotopic (exact) mass is 675 g/mol. The van der Waals surface area contributed by atoms with Gasteiger partial charge in [-0.05, 0) is 72.9 Å². The maximum absolute atomic E-state index is 14.7. The van der Waals surface area contributed by atoms with Gasteiger partial charge in [-0.25, -0.2) is 8.42 Å². The lowest BCUT2D eigenvalue weighted by Crippen LogP contribution is -2.53. The summed E-state index contributed by atoms with van der Waals surface area (Å²) in [4.78, 5) is 30.1. The van der Waals surface area contributed by atoms with Crippen molar-refractivity contribution >= 4 is 39.1 Å². The molecular formula is C37H42ClN3O5S. The molecule has 8 nitrogen and oxygen atoms in total. The molecular weight excluding hydrogens is 634 g/mol. The van der Waals surface area contributed by atoms with Gasteiger partial charge in [0.05, 0.1) is 17.7 Å². The molecule has 0 bridgehead atoms. The summed E-state index contributed by atoms with van der Waals surface area (Å²) in [6.07, 6.45) is 0.224. The van der Waals surface area contributed by atoms with Gasteiger partial charge in [0, 0.05) is 24.5 Å². The predicted octanol–water partition coefficient (Wildman–Crippen LogP) is 6.57. The Labute approximate surface area is 283 Å². The fourth-order valence-corrected chi connectivity index (χ4v) is 6.80. The topological polar surface area (TPSA) is 96.0 Å². The smallest absolute Gasteiger partial charge is 0.264 e. The second-order valence-electron chi connectivity index (χ2n) is 11.9. The number of carbonyl (C=O) groups is 2. The van der Waals surface area contributed by atoms with E-state index in [1.54, 1.807) is 56.5 Å². The molecule has 1 atom stereocenters. The summed E-state index contributed by atoms with van der Waals surface area (Å²) in [7, 11) is -2.69. The van der Waals surface area contributed by atoms with E-state index in [4.69, 9.17) is 16.3 Å². The third-order valence-corrected chi connectivity index (χ3v) is 10.0. The van der Waals surface area contributed by atoms with Crippen LogP contribution in [0.25, 0.3) is 0 Å². The quantitative estimate of drug-likeness (QED) is 0.163. The average molecular weight is 676 g/mol. The summed E-state index contributed by atoms with van der Waals surface area (Å²) in [5, 5.41) is 3.37. The molecule has 248 valence electrons. The average Bonchev–Trinajstić information content (AvgIpc) is 3.06. The van der Waals surface area contributed by atoms with Crippen molar-refractivity contribution < 1.29 is 22.7 Å².